The lowest BCUT2D eigenvalue weighted by molar-refractivity contribution is 0.0264. The van der Waals surface area contributed by atoms with E-state index in [4.69, 9.17) is 4.74 Å². The Bertz CT molecular complexity index is 359. The number of aliphatic imine (C=N–C) groups is 1. The molecule has 2 aliphatic heterocycles. The minimum Gasteiger partial charge on any atom is -0.378 e. The maximum atomic E-state index is 5.73. The molecule has 5 nitrogen and oxygen atoms in total. The molecule has 24 heavy (non-hydrogen) atoms. The van der Waals surface area contributed by atoms with Crippen LogP contribution in [-0.2, 0) is 4.74 Å². The van der Waals surface area contributed by atoms with Crippen LogP contribution in [-0.4, -0.2) is 74.3 Å². The van der Waals surface area contributed by atoms with Crippen LogP contribution in [0.1, 0.15) is 52.4 Å². The molecule has 0 saturated carbocycles. The number of nitrogens with one attached hydrogen (secondary N) is 1. The van der Waals surface area contributed by atoms with E-state index in [0.29, 0.717) is 6.10 Å². The fourth-order valence-corrected chi connectivity index (χ4v) is 3.77. The Hall–Kier alpha value is -0.0800. The van der Waals surface area contributed by atoms with E-state index in [9.17, 15) is 0 Å². The molecule has 2 rings (SSSR count). The van der Waals surface area contributed by atoms with Gasteiger partial charge in [-0.05, 0) is 52.5 Å². The topological polar surface area (TPSA) is 40.1 Å². The molecule has 142 valence electrons. The van der Waals surface area contributed by atoms with Crippen molar-refractivity contribution in [3.05, 3.63) is 0 Å². The first kappa shape index (κ1) is 22.0. The van der Waals surface area contributed by atoms with Gasteiger partial charge in [-0.3, -0.25) is 4.99 Å². The monoisotopic (exact) mass is 452 g/mol. The van der Waals surface area contributed by atoms with Crippen LogP contribution in [0.5, 0.6) is 0 Å². The molecule has 0 aliphatic carbocycles. The van der Waals surface area contributed by atoms with Gasteiger partial charge in [-0.25, -0.2) is 0 Å². The van der Waals surface area contributed by atoms with Crippen molar-refractivity contribution in [3.8, 4) is 0 Å². The number of guanidine groups is 1. The van der Waals surface area contributed by atoms with Crippen LogP contribution in [0, 0.1) is 0 Å². The highest BCUT2D eigenvalue weighted by atomic mass is 127. The summed E-state index contributed by atoms with van der Waals surface area (Å²) in [6.45, 7) is 10.9. The Balaban J connectivity index is 0.00000288. The Morgan fingerprint density at radius 2 is 1.92 bits per heavy atom. The van der Waals surface area contributed by atoms with Gasteiger partial charge in [0.25, 0.3) is 0 Å². The molecule has 0 amide bonds. The fraction of sp³-hybridized carbons (Fsp3) is 0.944. The molecule has 0 spiro atoms. The minimum atomic E-state index is 0. The average Bonchev–Trinajstić information content (AvgIpc) is 2.58. The van der Waals surface area contributed by atoms with E-state index < -0.39 is 0 Å². The van der Waals surface area contributed by atoms with Crippen LogP contribution in [0.4, 0.5) is 0 Å². The highest BCUT2D eigenvalue weighted by molar-refractivity contribution is 14.0. The Morgan fingerprint density at radius 1 is 1.17 bits per heavy atom. The van der Waals surface area contributed by atoms with Gasteiger partial charge in [0, 0.05) is 45.9 Å². The van der Waals surface area contributed by atoms with Gasteiger partial charge in [0.15, 0.2) is 5.96 Å². The molecule has 6 heteroatoms. The zero-order chi connectivity index (χ0) is 16.5. The molecule has 0 aromatic rings. The van der Waals surface area contributed by atoms with Crippen molar-refractivity contribution in [2.45, 2.75) is 64.5 Å². The van der Waals surface area contributed by atoms with Crippen molar-refractivity contribution in [2.24, 2.45) is 4.99 Å². The summed E-state index contributed by atoms with van der Waals surface area (Å²) in [5.41, 5.74) is 0. The molecule has 0 aromatic heterocycles. The smallest absolute Gasteiger partial charge is 0.193 e. The number of piperidine rings is 2. The van der Waals surface area contributed by atoms with E-state index in [2.05, 4.69) is 34.0 Å². The standard InChI is InChI=1S/C18H36N4O.HI/c1-4-23-17-9-14-22(15-10-17)18(19-3)20-11-7-13-21-12-6-5-8-16(21)2;/h16-17H,4-15H2,1-3H3,(H,19,20);1H. The molecule has 0 bridgehead atoms. The Labute approximate surface area is 165 Å². The van der Waals surface area contributed by atoms with Crippen molar-refractivity contribution >= 4 is 29.9 Å². The molecule has 1 N–H and O–H groups in total. The maximum absolute atomic E-state index is 5.73. The van der Waals surface area contributed by atoms with Gasteiger partial charge in [-0.1, -0.05) is 6.42 Å². The zero-order valence-electron chi connectivity index (χ0n) is 15.8. The Kier molecular flexibility index (Phi) is 11.3. The second-order valence-electron chi connectivity index (χ2n) is 6.85. The van der Waals surface area contributed by atoms with E-state index in [1.165, 1.54) is 38.8 Å². The van der Waals surface area contributed by atoms with Crippen LogP contribution in [0.3, 0.4) is 0 Å². The summed E-state index contributed by atoms with van der Waals surface area (Å²) >= 11 is 0. The number of ether oxygens (including phenoxy) is 1. The molecule has 0 aromatic carbocycles. The van der Waals surface area contributed by atoms with E-state index in [0.717, 1.165) is 51.1 Å². The lowest BCUT2D eigenvalue weighted by Gasteiger charge is -2.35. The van der Waals surface area contributed by atoms with Crippen molar-refractivity contribution in [3.63, 3.8) is 0 Å². The molecule has 1 atom stereocenters. The molecular formula is C18H37IN4O. The van der Waals surface area contributed by atoms with Crippen molar-refractivity contribution in [1.29, 1.82) is 0 Å². The number of nitrogens with zero attached hydrogens (tertiary/aromatic N) is 3. The molecular weight excluding hydrogens is 415 g/mol. The van der Waals surface area contributed by atoms with Crippen LogP contribution >= 0.6 is 24.0 Å². The normalized spacial score (nSPS) is 23.9. The maximum Gasteiger partial charge on any atom is 0.193 e. The second kappa shape index (κ2) is 12.3. The average molecular weight is 452 g/mol. The predicted molar refractivity (Wildman–Crippen MR) is 113 cm³/mol. The summed E-state index contributed by atoms with van der Waals surface area (Å²) < 4.78 is 5.73. The number of hydrogen-bond donors (Lipinski definition) is 1. The number of halogens is 1. The van der Waals surface area contributed by atoms with Crippen molar-refractivity contribution < 1.29 is 4.74 Å². The zero-order valence-corrected chi connectivity index (χ0v) is 18.1. The molecule has 2 aliphatic rings. The molecule has 2 heterocycles. The van der Waals surface area contributed by atoms with Crippen LogP contribution in [0.2, 0.25) is 0 Å². The van der Waals surface area contributed by atoms with Gasteiger partial charge in [-0.15, -0.1) is 24.0 Å². The number of hydrogen-bond acceptors (Lipinski definition) is 3. The summed E-state index contributed by atoms with van der Waals surface area (Å²) in [5, 5.41) is 3.55. The molecule has 1 unspecified atom stereocenters. The van der Waals surface area contributed by atoms with Gasteiger partial charge in [0.05, 0.1) is 6.10 Å². The first-order chi connectivity index (χ1) is 11.2. The van der Waals surface area contributed by atoms with Crippen LogP contribution < -0.4 is 5.32 Å². The van der Waals surface area contributed by atoms with Crippen molar-refractivity contribution in [1.82, 2.24) is 15.1 Å². The van der Waals surface area contributed by atoms with Crippen LogP contribution in [0.15, 0.2) is 4.99 Å². The first-order valence-electron chi connectivity index (χ1n) is 9.55. The van der Waals surface area contributed by atoms with E-state index in [1.807, 2.05) is 7.05 Å². The quantitative estimate of drug-likeness (QED) is 0.291. The van der Waals surface area contributed by atoms with Crippen LogP contribution in [0.25, 0.3) is 0 Å². The van der Waals surface area contributed by atoms with Gasteiger partial charge >= 0.3 is 0 Å². The van der Waals surface area contributed by atoms with Gasteiger partial charge in [0.2, 0.25) is 0 Å². The molecule has 2 saturated heterocycles. The second-order valence-corrected chi connectivity index (χ2v) is 6.85. The lowest BCUT2D eigenvalue weighted by atomic mass is 10.0. The van der Waals surface area contributed by atoms with E-state index in [1.54, 1.807) is 0 Å². The SMILES string of the molecule is CCOC1CCN(C(=NC)NCCCN2CCCCC2C)CC1.I. The number of likely N-dealkylation sites (tertiary alicyclic amines) is 2. The summed E-state index contributed by atoms with van der Waals surface area (Å²) in [5.74, 6) is 1.06. The molecule has 2 fully saturated rings. The summed E-state index contributed by atoms with van der Waals surface area (Å²) in [7, 11) is 1.89. The fourth-order valence-electron chi connectivity index (χ4n) is 3.77. The van der Waals surface area contributed by atoms with Crippen molar-refractivity contribution in [2.75, 3.05) is 46.4 Å². The first-order valence-corrected chi connectivity index (χ1v) is 9.55. The van der Waals surface area contributed by atoms with Gasteiger partial charge in [0.1, 0.15) is 0 Å². The molecule has 0 radical (unpaired) electrons. The Morgan fingerprint density at radius 3 is 2.54 bits per heavy atom. The third-order valence-electron chi connectivity index (χ3n) is 5.20. The predicted octanol–water partition coefficient (Wildman–Crippen LogP) is 2.95. The third kappa shape index (κ3) is 7.04. The highest BCUT2D eigenvalue weighted by Gasteiger charge is 2.21. The summed E-state index contributed by atoms with van der Waals surface area (Å²) in [4.78, 5) is 9.47. The van der Waals surface area contributed by atoms with E-state index in [-0.39, 0.29) is 24.0 Å². The third-order valence-corrected chi connectivity index (χ3v) is 5.20. The lowest BCUT2D eigenvalue weighted by Crippen LogP contribution is -2.47. The minimum absolute atomic E-state index is 0. The van der Waals surface area contributed by atoms with E-state index >= 15 is 0 Å². The number of rotatable bonds is 6. The van der Waals surface area contributed by atoms with Gasteiger partial charge < -0.3 is 19.9 Å². The summed E-state index contributed by atoms with van der Waals surface area (Å²) in [6.07, 6.45) is 7.99. The van der Waals surface area contributed by atoms with Gasteiger partial charge in [-0.2, -0.15) is 0 Å². The summed E-state index contributed by atoms with van der Waals surface area (Å²) in [6, 6.07) is 0.764. The largest absolute Gasteiger partial charge is 0.378 e. The highest BCUT2D eigenvalue weighted by Crippen LogP contribution is 2.16.